The summed E-state index contributed by atoms with van der Waals surface area (Å²) in [5.74, 6) is 0.997. The first-order valence-electron chi connectivity index (χ1n) is 7.50. The maximum atomic E-state index is 6.47. The van der Waals surface area contributed by atoms with Gasteiger partial charge < -0.3 is 10.5 Å². The second-order valence-corrected chi connectivity index (χ2v) is 6.80. The molecular weight excluding hydrogens is 258 g/mol. The van der Waals surface area contributed by atoms with Crippen LogP contribution >= 0.6 is 0 Å². The number of hydrogen-bond acceptors (Lipinski definition) is 2. The normalized spacial score (nSPS) is 17.2. The molecule has 0 aliphatic carbocycles. The van der Waals surface area contributed by atoms with E-state index in [0.29, 0.717) is 0 Å². The van der Waals surface area contributed by atoms with E-state index in [4.69, 9.17) is 10.5 Å². The third-order valence-electron chi connectivity index (χ3n) is 4.05. The summed E-state index contributed by atoms with van der Waals surface area (Å²) >= 11 is 0. The minimum atomic E-state index is -0.106. The fraction of sp³-hybridized carbons (Fsp3) is 0.368. The first kappa shape index (κ1) is 14.2. The highest BCUT2D eigenvalue weighted by Crippen LogP contribution is 2.36. The number of nitrogens with two attached hydrogens (primary N) is 1. The first-order valence-corrected chi connectivity index (χ1v) is 7.50. The number of hydrogen-bond donors (Lipinski definition) is 1. The first-order chi connectivity index (χ1) is 9.84. The highest BCUT2D eigenvalue weighted by atomic mass is 16.5. The van der Waals surface area contributed by atoms with Crippen LogP contribution in [0.25, 0.3) is 0 Å². The maximum Gasteiger partial charge on any atom is 0.123 e. The average Bonchev–Trinajstić information content (AvgIpc) is 2.69. The Morgan fingerprint density at radius 2 is 1.67 bits per heavy atom. The molecule has 0 bridgehead atoms. The largest absolute Gasteiger partial charge is 0.487 e. The zero-order valence-electron chi connectivity index (χ0n) is 13.2. The molecule has 0 radical (unpaired) electrons. The van der Waals surface area contributed by atoms with Gasteiger partial charge in [0, 0.05) is 6.42 Å². The van der Waals surface area contributed by atoms with Gasteiger partial charge in [0.1, 0.15) is 11.4 Å². The van der Waals surface area contributed by atoms with Crippen molar-refractivity contribution in [2.24, 2.45) is 5.73 Å². The lowest BCUT2D eigenvalue weighted by atomic mass is 9.93. The van der Waals surface area contributed by atoms with Crippen LogP contribution < -0.4 is 10.5 Å². The predicted octanol–water partition coefficient (Wildman–Crippen LogP) is 4.07. The third-order valence-corrected chi connectivity index (χ3v) is 4.05. The van der Waals surface area contributed by atoms with Crippen LogP contribution in [0.2, 0.25) is 0 Å². The summed E-state index contributed by atoms with van der Waals surface area (Å²) in [6.07, 6.45) is 0.940. The third kappa shape index (κ3) is 2.81. The number of benzene rings is 2. The van der Waals surface area contributed by atoms with Crippen molar-refractivity contribution in [2.75, 3.05) is 0 Å². The molecule has 0 saturated carbocycles. The van der Waals surface area contributed by atoms with Gasteiger partial charge >= 0.3 is 0 Å². The standard InChI is InChI=1S/C19H23NO/c1-12-7-13(2)9-15(8-12)18(20)14-5-6-17-16(10-14)11-19(3,4)21-17/h5-10,18H,11,20H2,1-4H3. The summed E-state index contributed by atoms with van der Waals surface area (Å²) < 4.78 is 5.93. The van der Waals surface area contributed by atoms with Gasteiger partial charge in [-0.1, -0.05) is 41.5 Å². The van der Waals surface area contributed by atoms with E-state index in [1.807, 2.05) is 0 Å². The van der Waals surface area contributed by atoms with E-state index < -0.39 is 0 Å². The molecule has 2 nitrogen and oxygen atoms in total. The molecule has 1 atom stereocenters. The maximum absolute atomic E-state index is 6.47. The van der Waals surface area contributed by atoms with Gasteiger partial charge in [-0.15, -0.1) is 0 Å². The zero-order chi connectivity index (χ0) is 15.2. The molecule has 2 N–H and O–H groups in total. The molecule has 0 amide bonds. The Morgan fingerprint density at radius 1 is 1.00 bits per heavy atom. The fourth-order valence-corrected chi connectivity index (χ4v) is 3.20. The molecule has 1 heterocycles. The molecule has 0 aromatic heterocycles. The Balaban J connectivity index is 1.95. The van der Waals surface area contributed by atoms with Crippen molar-refractivity contribution in [1.29, 1.82) is 0 Å². The van der Waals surface area contributed by atoms with Crippen molar-refractivity contribution in [3.8, 4) is 5.75 Å². The van der Waals surface area contributed by atoms with E-state index in [9.17, 15) is 0 Å². The lowest BCUT2D eigenvalue weighted by Gasteiger charge is -2.16. The summed E-state index contributed by atoms with van der Waals surface area (Å²) in [5, 5.41) is 0. The molecule has 2 aromatic carbocycles. The van der Waals surface area contributed by atoms with Gasteiger partial charge in [-0.25, -0.2) is 0 Å². The van der Waals surface area contributed by atoms with E-state index in [1.54, 1.807) is 0 Å². The molecular formula is C19H23NO. The van der Waals surface area contributed by atoms with Crippen LogP contribution in [-0.2, 0) is 6.42 Å². The zero-order valence-corrected chi connectivity index (χ0v) is 13.2. The highest BCUT2D eigenvalue weighted by molar-refractivity contribution is 5.45. The van der Waals surface area contributed by atoms with Crippen LogP contribution in [0.3, 0.4) is 0 Å². The van der Waals surface area contributed by atoms with Gasteiger partial charge in [-0.2, -0.15) is 0 Å². The van der Waals surface area contributed by atoms with Crippen molar-refractivity contribution < 1.29 is 4.74 Å². The summed E-state index contributed by atoms with van der Waals surface area (Å²) in [6, 6.07) is 12.8. The van der Waals surface area contributed by atoms with Crippen LogP contribution in [0.4, 0.5) is 0 Å². The van der Waals surface area contributed by atoms with Gasteiger partial charge in [-0.3, -0.25) is 0 Å². The van der Waals surface area contributed by atoms with Crippen LogP contribution in [0, 0.1) is 13.8 Å². The fourth-order valence-electron chi connectivity index (χ4n) is 3.20. The summed E-state index contributed by atoms with van der Waals surface area (Å²) in [4.78, 5) is 0. The highest BCUT2D eigenvalue weighted by Gasteiger charge is 2.30. The smallest absolute Gasteiger partial charge is 0.123 e. The minimum absolute atomic E-state index is 0.0855. The summed E-state index contributed by atoms with van der Waals surface area (Å²) in [5.41, 5.74) is 12.5. The molecule has 110 valence electrons. The molecule has 2 aromatic rings. The monoisotopic (exact) mass is 281 g/mol. The molecule has 0 spiro atoms. The second-order valence-electron chi connectivity index (χ2n) is 6.80. The summed E-state index contributed by atoms with van der Waals surface area (Å²) in [6.45, 7) is 8.47. The molecule has 2 heteroatoms. The Labute approximate surface area is 126 Å². The number of aryl methyl sites for hydroxylation is 2. The lowest BCUT2D eigenvalue weighted by molar-refractivity contribution is 0.138. The van der Waals surface area contributed by atoms with Crippen molar-refractivity contribution in [3.63, 3.8) is 0 Å². The van der Waals surface area contributed by atoms with Crippen molar-refractivity contribution in [2.45, 2.75) is 45.8 Å². The quantitative estimate of drug-likeness (QED) is 0.900. The lowest BCUT2D eigenvalue weighted by Crippen LogP contribution is -2.24. The SMILES string of the molecule is Cc1cc(C)cc(C(N)c2ccc3c(c2)CC(C)(C)O3)c1. The predicted molar refractivity (Wildman–Crippen MR) is 86.8 cm³/mol. The van der Waals surface area contributed by atoms with E-state index in [-0.39, 0.29) is 11.6 Å². The van der Waals surface area contributed by atoms with Crippen LogP contribution in [0.15, 0.2) is 36.4 Å². The minimum Gasteiger partial charge on any atom is -0.487 e. The summed E-state index contributed by atoms with van der Waals surface area (Å²) in [7, 11) is 0. The topological polar surface area (TPSA) is 35.2 Å². The van der Waals surface area contributed by atoms with Gasteiger partial charge in [-0.05, 0) is 50.5 Å². The Kier molecular flexibility index (Phi) is 3.29. The van der Waals surface area contributed by atoms with E-state index in [1.165, 1.54) is 22.3 Å². The Morgan fingerprint density at radius 3 is 2.33 bits per heavy atom. The van der Waals surface area contributed by atoms with Crippen LogP contribution in [0.5, 0.6) is 5.75 Å². The second kappa shape index (κ2) is 4.88. The van der Waals surface area contributed by atoms with Crippen LogP contribution in [0.1, 0.15) is 47.7 Å². The van der Waals surface area contributed by atoms with Gasteiger partial charge in [0.15, 0.2) is 0 Å². The van der Waals surface area contributed by atoms with E-state index >= 15 is 0 Å². The number of ether oxygens (including phenoxy) is 1. The molecule has 1 unspecified atom stereocenters. The van der Waals surface area contributed by atoms with Crippen molar-refractivity contribution >= 4 is 0 Å². The van der Waals surface area contributed by atoms with Gasteiger partial charge in [0.05, 0.1) is 6.04 Å². The Hall–Kier alpha value is -1.80. The molecule has 21 heavy (non-hydrogen) atoms. The van der Waals surface area contributed by atoms with Crippen LogP contribution in [-0.4, -0.2) is 5.60 Å². The molecule has 0 saturated heterocycles. The molecule has 0 fully saturated rings. The van der Waals surface area contributed by atoms with Crippen molar-refractivity contribution in [3.05, 3.63) is 64.2 Å². The number of rotatable bonds is 2. The van der Waals surface area contributed by atoms with Crippen molar-refractivity contribution in [1.82, 2.24) is 0 Å². The molecule has 1 aliphatic heterocycles. The average molecular weight is 281 g/mol. The molecule has 1 aliphatic rings. The van der Waals surface area contributed by atoms with E-state index in [2.05, 4.69) is 64.1 Å². The van der Waals surface area contributed by atoms with E-state index in [0.717, 1.165) is 17.7 Å². The number of fused-ring (bicyclic) bond motifs is 1. The van der Waals surface area contributed by atoms with Gasteiger partial charge in [0.2, 0.25) is 0 Å². The Bertz CT molecular complexity index is 668. The van der Waals surface area contributed by atoms with Gasteiger partial charge in [0.25, 0.3) is 0 Å². The molecule has 3 rings (SSSR count).